The molecule has 0 atom stereocenters. The number of rotatable bonds is 5. The first kappa shape index (κ1) is 18.3. The van der Waals surface area contributed by atoms with Crippen molar-refractivity contribution >= 4 is 28.4 Å². The van der Waals surface area contributed by atoms with Crippen molar-refractivity contribution in [1.82, 2.24) is 20.0 Å². The predicted molar refractivity (Wildman–Crippen MR) is 108 cm³/mol. The number of amides is 1. The highest BCUT2D eigenvalue weighted by Gasteiger charge is 2.19. The number of hydrogen-bond donors (Lipinski definition) is 1. The van der Waals surface area contributed by atoms with Crippen molar-refractivity contribution in [3.63, 3.8) is 0 Å². The molecule has 0 radical (unpaired) electrons. The van der Waals surface area contributed by atoms with Crippen LogP contribution in [0.2, 0.25) is 5.02 Å². The third kappa shape index (κ3) is 3.64. The molecule has 0 aliphatic heterocycles. The number of halogens is 1. The monoisotopic (exact) mass is 394 g/mol. The van der Waals surface area contributed by atoms with E-state index in [2.05, 4.69) is 15.1 Å². The van der Waals surface area contributed by atoms with Crippen LogP contribution >= 0.6 is 11.6 Å². The topological polar surface area (TPSA) is 75.0 Å². The number of hydrogen-bond acceptors (Lipinski definition) is 4. The number of nitrogens with zero attached hydrogens (tertiary/aromatic N) is 3. The number of H-pyrrole nitrogens is 1. The number of likely N-dealkylation sites (N-methyl/N-ethyl adjacent to an activating group) is 1. The molecular formula is C21H19ClN4O2. The lowest BCUT2D eigenvalue weighted by atomic mass is 10.0. The van der Waals surface area contributed by atoms with Crippen molar-refractivity contribution in [3.05, 3.63) is 70.8 Å². The van der Waals surface area contributed by atoms with Crippen LogP contribution in [0.3, 0.4) is 0 Å². The first-order chi connectivity index (χ1) is 13.5. The van der Waals surface area contributed by atoms with E-state index in [4.69, 9.17) is 16.1 Å². The molecule has 3 aromatic heterocycles. The fraction of sp³-hybridized carbons (Fsp3) is 0.190. The summed E-state index contributed by atoms with van der Waals surface area (Å²) < 4.78 is 5.22. The molecule has 1 amide bonds. The number of nitrogens with one attached hydrogen (secondary N) is 1. The van der Waals surface area contributed by atoms with E-state index >= 15 is 0 Å². The Bertz CT molecular complexity index is 1130. The third-order valence-electron chi connectivity index (χ3n) is 4.64. The second-order valence-electron chi connectivity index (χ2n) is 6.77. The molecule has 142 valence electrons. The van der Waals surface area contributed by atoms with E-state index in [0.29, 0.717) is 17.3 Å². The number of aromatic amines is 1. The highest BCUT2D eigenvalue weighted by molar-refractivity contribution is 6.31. The van der Waals surface area contributed by atoms with Gasteiger partial charge in [0.05, 0.1) is 24.4 Å². The summed E-state index contributed by atoms with van der Waals surface area (Å²) in [6, 6.07) is 11.3. The summed E-state index contributed by atoms with van der Waals surface area (Å²) in [5, 5.41) is 5.43. The highest BCUT2D eigenvalue weighted by atomic mass is 35.5. The summed E-state index contributed by atoms with van der Waals surface area (Å²) in [6.45, 7) is 2.22. The van der Waals surface area contributed by atoms with E-state index in [1.165, 1.54) is 0 Å². The average molecular weight is 395 g/mol. The van der Waals surface area contributed by atoms with Gasteiger partial charge < -0.3 is 14.4 Å². The van der Waals surface area contributed by atoms with Gasteiger partial charge in [-0.15, -0.1) is 0 Å². The Labute approximate surface area is 167 Å². The maximum Gasteiger partial charge on any atom is 0.227 e. The van der Waals surface area contributed by atoms with Crippen LogP contribution in [-0.2, 0) is 17.8 Å². The molecule has 0 spiro atoms. The Balaban J connectivity index is 1.68. The Morgan fingerprint density at radius 1 is 1.29 bits per heavy atom. The maximum absolute atomic E-state index is 12.9. The Morgan fingerprint density at radius 3 is 2.86 bits per heavy atom. The minimum Gasteiger partial charge on any atom is -0.359 e. The molecule has 6 nitrogen and oxygen atoms in total. The lowest BCUT2D eigenvalue weighted by Crippen LogP contribution is -2.27. The van der Waals surface area contributed by atoms with Gasteiger partial charge >= 0.3 is 0 Å². The average Bonchev–Trinajstić information content (AvgIpc) is 3.26. The zero-order chi connectivity index (χ0) is 19.7. The summed E-state index contributed by atoms with van der Waals surface area (Å²) in [5.74, 6) is 0.628. The van der Waals surface area contributed by atoms with Crippen LogP contribution in [0, 0.1) is 6.92 Å². The molecule has 0 saturated heterocycles. The summed E-state index contributed by atoms with van der Waals surface area (Å²) in [5.41, 5.74) is 4.42. The van der Waals surface area contributed by atoms with Crippen molar-refractivity contribution in [3.8, 4) is 11.3 Å². The van der Waals surface area contributed by atoms with Gasteiger partial charge in [-0.25, -0.2) is 0 Å². The van der Waals surface area contributed by atoms with Crippen LogP contribution < -0.4 is 0 Å². The van der Waals surface area contributed by atoms with Crippen molar-refractivity contribution in [1.29, 1.82) is 0 Å². The lowest BCUT2D eigenvalue weighted by Gasteiger charge is -2.16. The second-order valence-corrected chi connectivity index (χ2v) is 7.21. The molecule has 0 fully saturated rings. The van der Waals surface area contributed by atoms with Crippen LogP contribution in [0.5, 0.6) is 0 Å². The number of fused-ring (bicyclic) bond motifs is 1. The third-order valence-corrected chi connectivity index (χ3v) is 4.88. The maximum atomic E-state index is 12.9. The van der Waals surface area contributed by atoms with E-state index in [-0.39, 0.29) is 12.3 Å². The molecule has 0 aliphatic carbocycles. The van der Waals surface area contributed by atoms with Gasteiger partial charge in [-0.1, -0.05) is 16.8 Å². The molecular weight excluding hydrogens is 376 g/mol. The molecule has 1 N–H and O–H groups in total. The van der Waals surface area contributed by atoms with Gasteiger partial charge in [-0.3, -0.25) is 9.78 Å². The molecule has 4 rings (SSSR count). The highest BCUT2D eigenvalue weighted by Crippen LogP contribution is 2.32. The van der Waals surface area contributed by atoms with Gasteiger partial charge in [0.15, 0.2) is 5.76 Å². The van der Waals surface area contributed by atoms with Gasteiger partial charge in [0.25, 0.3) is 0 Å². The largest absolute Gasteiger partial charge is 0.359 e. The van der Waals surface area contributed by atoms with E-state index in [0.717, 1.165) is 33.4 Å². The van der Waals surface area contributed by atoms with Gasteiger partial charge in [0.2, 0.25) is 5.91 Å². The normalized spacial score (nSPS) is 11.1. The first-order valence-corrected chi connectivity index (χ1v) is 9.25. The molecule has 0 unspecified atom stereocenters. The Kier molecular flexibility index (Phi) is 4.88. The number of carbonyl (C=O) groups is 1. The summed E-state index contributed by atoms with van der Waals surface area (Å²) in [6.07, 6.45) is 3.73. The van der Waals surface area contributed by atoms with Crippen molar-refractivity contribution in [2.45, 2.75) is 19.9 Å². The van der Waals surface area contributed by atoms with Crippen LogP contribution in [0.25, 0.3) is 22.2 Å². The van der Waals surface area contributed by atoms with E-state index in [9.17, 15) is 4.79 Å². The van der Waals surface area contributed by atoms with E-state index in [1.54, 1.807) is 24.3 Å². The van der Waals surface area contributed by atoms with Gasteiger partial charge in [0, 0.05) is 47.0 Å². The van der Waals surface area contributed by atoms with E-state index < -0.39 is 0 Å². The van der Waals surface area contributed by atoms with E-state index in [1.807, 2.05) is 43.3 Å². The number of pyridine rings is 1. The van der Waals surface area contributed by atoms with Crippen LogP contribution in [0.1, 0.15) is 17.0 Å². The fourth-order valence-corrected chi connectivity index (χ4v) is 3.43. The van der Waals surface area contributed by atoms with Gasteiger partial charge in [0.1, 0.15) is 0 Å². The number of aromatic nitrogens is 3. The Morgan fingerprint density at radius 2 is 2.14 bits per heavy atom. The SMILES string of the molecule is Cc1cc(CN(C)C(=O)Cc2c(-c3cccnc3)[nH]c3ccc(Cl)cc23)on1. The molecule has 1 aromatic carbocycles. The van der Waals surface area contributed by atoms with Crippen LogP contribution in [0.15, 0.2) is 53.3 Å². The van der Waals surface area contributed by atoms with Crippen molar-refractivity contribution in [2.24, 2.45) is 0 Å². The molecule has 3 heterocycles. The zero-order valence-electron chi connectivity index (χ0n) is 15.6. The van der Waals surface area contributed by atoms with Crippen LogP contribution in [0.4, 0.5) is 0 Å². The molecule has 0 saturated carbocycles. The lowest BCUT2D eigenvalue weighted by molar-refractivity contribution is -0.129. The minimum atomic E-state index is -0.0277. The van der Waals surface area contributed by atoms with Crippen molar-refractivity contribution in [2.75, 3.05) is 7.05 Å². The fourth-order valence-electron chi connectivity index (χ4n) is 3.26. The van der Waals surface area contributed by atoms with Gasteiger partial charge in [-0.05, 0) is 42.8 Å². The summed E-state index contributed by atoms with van der Waals surface area (Å²) in [4.78, 5) is 22.2. The molecule has 4 aromatic rings. The van der Waals surface area contributed by atoms with Gasteiger partial charge in [-0.2, -0.15) is 0 Å². The molecule has 0 aliphatic rings. The number of benzene rings is 1. The predicted octanol–water partition coefficient (Wildman–Crippen LogP) is 4.38. The standard InChI is InChI=1S/C21H19ClN4O2/c1-13-8-16(28-25-13)12-26(2)20(27)10-18-17-9-15(22)5-6-19(17)24-21(18)14-4-3-7-23-11-14/h3-9,11,24H,10,12H2,1-2H3. The number of aryl methyl sites for hydroxylation is 1. The summed E-state index contributed by atoms with van der Waals surface area (Å²) in [7, 11) is 1.76. The second kappa shape index (κ2) is 7.48. The minimum absolute atomic E-state index is 0.0277. The first-order valence-electron chi connectivity index (χ1n) is 8.88. The quantitative estimate of drug-likeness (QED) is 0.545. The Hall–Kier alpha value is -3.12. The summed E-state index contributed by atoms with van der Waals surface area (Å²) >= 11 is 6.21. The number of carbonyl (C=O) groups excluding carboxylic acids is 1. The zero-order valence-corrected chi connectivity index (χ0v) is 16.3. The van der Waals surface area contributed by atoms with Crippen molar-refractivity contribution < 1.29 is 9.32 Å². The molecule has 7 heteroatoms. The molecule has 0 bridgehead atoms. The molecule has 28 heavy (non-hydrogen) atoms. The van der Waals surface area contributed by atoms with Crippen LogP contribution in [-0.4, -0.2) is 33.0 Å². The smallest absolute Gasteiger partial charge is 0.227 e.